The molecule has 21 heavy (non-hydrogen) atoms. The van der Waals surface area contributed by atoms with Crippen molar-refractivity contribution in [2.75, 3.05) is 11.9 Å². The molecule has 0 radical (unpaired) electrons. The Kier molecular flexibility index (Phi) is 3.55. The van der Waals surface area contributed by atoms with E-state index in [1.54, 1.807) is 11.3 Å². The Bertz CT molecular complexity index is 832. The summed E-state index contributed by atoms with van der Waals surface area (Å²) in [5, 5.41) is 13.4. The molecule has 0 aliphatic rings. The summed E-state index contributed by atoms with van der Waals surface area (Å²) in [5.41, 5.74) is 2.48. The number of nitriles is 1. The summed E-state index contributed by atoms with van der Waals surface area (Å²) in [4.78, 5) is 11.1. The normalized spacial score (nSPS) is 10.5. The fourth-order valence-electron chi connectivity index (χ4n) is 2.28. The number of pyridine rings is 1. The summed E-state index contributed by atoms with van der Waals surface area (Å²) >= 11 is 1.63. The van der Waals surface area contributed by atoms with Gasteiger partial charge < -0.3 is 4.90 Å². The lowest BCUT2D eigenvalue weighted by Gasteiger charge is -2.18. The minimum Gasteiger partial charge on any atom is -0.353 e. The second kappa shape index (κ2) is 5.51. The molecule has 0 aliphatic carbocycles. The molecule has 0 atom stereocenters. The van der Waals surface area contributed by atoms with Crippen molar-refractivity contribution in [1.29, 1.82) is 5.26 Å². The minimum atomic E-state index is 0.586. The molecule has 5 heteroatoms. The molecule has 0 fully saturated rings. The summed E-state index contributed by atoms with van der Waals surface area (Å²) in [5.74, 6) is 0.696. The first-order valence-electron chi connectivity index (χ1n) is 6.59. The predicted octanol–water partition coefficient (Wildman–Crippen LogP) is 3.51. The molecule has 0 spiro atoms. The monoisotopic (exact) mass is 294 g/mol. The maximum Gasteiger partial charge on any atom is 0.147 e. The van der Waals surface area contributed by atoms with Crippen LogP contribution in [0, 0.1) is 18.3 Å². The van der Waals surface area contributed by atoms with E-state index in [1.165, 1.54) is 0 Å². The second-order valence-electron chi connectivity index (χ2n) is 4.88. The van der Waals surface area contributed by atoms with Crippen molar-refractivity contribution >= 4 is 28.1 Å². The van der Waals surface area contributed by atoms with Crippen LogP contribution in [0.4, 0.5) is 5.82 Å². The number of hydrogen-bond acceptors (Lipinski definition) is 5. The fourth-order valence-corrected chi connectivity index (χ4v) is 2.88. The van der Waals surface area contributed by atoms with Crippen molar-refractivity contribution in [3.05, 3.63) is 52.0 Å². The highest BCUT2D eigenvalue weighted by atomic mass is 32.1. The van der Waals surface area contributed by atoms with E-state index in [-0.39, 0.29) is 0 Å². The molecule has 2 heterocycles. The molecule has 3 aromatic rings. The smallest absolute Gasteiger partial charge is 0.147 e. The third-order valence-corrected chi connectivity index (χ3v) is 4.07. The van der Waals surface area contributed by atoms with Gasteiger partial charge in [-0.15, -0.1) is 11.3 Å². The molecule has 0 saturated heterocycles. The molecule has 0 unspecified atom stereocenters. The van der Waals surface area contributed by atoms with Gasteiger partial charge in [0.25, 0.3) is 0 Å². The molecule has 0 N–H and O–H groups in total. The number of thiazole rings is 1. The van der Waals surface area contributed by atoms with Gasteiger partial charge in [0.2, 0.25) is 0 Å². The summed E-state index contributed by atoms with van der Waals surface area (Å²) < 4.78 is 0. The molecule has 1 aromatic carbocycles. The first-order valence-corrected chi connectivity index (χ1v) is 7.47. The van der Waals surface area contributed by atoms with E-state index in [2.05, 4.69) is 16.0 Å². The van der Waals surface area contributed by atoms with Gasteiger partial charge in [0.1, 0.15) is 11.9 Å². The Morgan fingerprint density at radius 1 is 1.29 bits per heavy atom. The number of nitrogens with zero attached hydrogens (tertiary/aromatic N) is 4. The first-order chi connectivity index (χ1) is 10.2. The van der Waals surface area contributed by atoms with Crippen LogP contribution in [0.25, 0.3) is 10.9 Å². The summed E-state index contributed by atoms with van der Waals surface area (Å²) in [6.07, 6.45) is 0. The maximum absolute atomic E-state index is 9.37. The largest absolute Gasteiger partial charge is 0.353 e. The first kappa shape index (κ1) is 13.5. The van der Waals surface area contributed by atoms with Crippen LogP contribution in [0.15, 0.2) is 35.7 Å². The molecular weight excluding hydrogens is 280 g/mol. The summed E-state index contributed by atoms with van der Waals surface area (Å²) in [6.45, 7) is 2.63. The highest BCUT2D eigenvalue weighted by molar-refractivity contribution is 7.09. The average molecular weight is 294 g/mol. The van der Waals surface area contributed by atoms with E-state index < -0.39 is 0 Å². The number of hydrogen-bond donors (Lipinski definition) is 0. The van der Waals surface area contributed by atoms with E-state index >= 15 is 0 Å². The molecule has 104 valence electrons. The van der Waals surface area contributed by atoms with Crippen LogP contribution in [-0.2, 0) is 6.54 Å². The van der Waals surface area contributed by atoms with Crippen LogP contribution in [0.1, 0.15) is 16.3 Å². The van der Waals surface area contributed by atoms with E-state index in [4.69, 9.17) is 0 Å². The summed E-state index contributed by atoms with van der Waals surface area (Å²) in [7, 11) is 1.94. The van der Waals surface area contributed by atoms with Gasteiger partial charge in [-0.1, -0.05) is 18.2 Å². The number of para-hydroxylation sites is 1. The Balaban J connectivity index is 2.00. The van der Waals surface area contributed by atoms with E-state index in [9.17, 15) is 5.26 Å². The van der Waals surface area contributed by atoms with Crippen molar-refractivity contribution in [2.24, 2.45) is 0 Å². The number of aromatic nitrogens is 2. The molecule has 3 rings (SSSR count). The zero-order valence-electron chi connectivity index (χ0n) is 11.9. The zero-order chi connectivity index (χ0) is 14.8. The van der Waals surface area contributed by atoms with Gasteiger partial charge in [-0.25, -0.2) is 9.97 Å². The molecule has 0 bridgehead atoms. The minimum absolute atomic E-state index is 0.586. The Morgan fingerprint density at radius 3 is 2.81 bits per heavy atom. The van der Waals surface area contributed by atoms with Crippen LogP contribution in [-0.4, -0.2) is 17.0 Å². The highest BCUT2D eigenvalue weighted by Crippen LogP contribution is 2.23. The molecule has 2 aromatic heterocycles. The third kappa shape index (κ3) is 2.71. The lowest BCUT2D eigenvalue weighted by Crippen LogP contribution is -2.19. The van der Waals surface area contributed by atoms with Crippen molar-refractivity contribution in [2.45, 2.75) is 13.5 Å². The van der Waals surface area contributed by atoms with E-state index in [1.807, 2.05) is 54.6 Å². The Morgan fingerprint density at radius 2 is 2.10 bits per heavy atom. The molecular formula is C16H14N4S. The van der Waals surface area contributed by atoms with Crippen LogP contribution < -0.4 is 4.90 Å². The van der Waals surface area contributed by atoms with Gasteiger partial charge in [-0.05, 0) is 19.1 Å². The van der Waals surface area contributed by atoms with Crippen molar-refractivity contribution < 1.29 is 0 Å². The van der Waals surface area contributed by atoms with Gasteiger partial charge in [-0.2, -0.15) is 5.26 Å². The van der Waals surface area contributed by atoms with Gasteiger partial charge >= 0.3 is 0 Å². The van der Waals surface area contributed by atoms with Crippen molar-refractivity contribution in [1.82, 2.24) is 9.97 Å². The van der Waals surface area contributed by atoms with E-state index in [0.29, 0.717) is 17.9 Å². The third-order valence-electron chi connectivity index (χ3n) is 3.25. The maximum atomic E-state index is 9.37. The molecule has 4 nitrogen and oxygen atoms in total. The number of rotatable bonds is 3. The number of benzene rings is 1. The lowest BCUT2D eigenvalue weighted by atomic mass is 10.1. The second-order valence-corrected chi connectivity index (χ2v) is 5.94. The van der Waals surface area contributed by atoms with Gasteiger partial charge in [0.15, 0.2) is 0 Å². The zero-order valence-corrected chi connectivity index (χ0v) is 12.7. The van der Waals surface area contributed by atoms with E-state index in [0.717, 1.165) is 21.6 Å². The van der Waals surface area contributed by atoms with Crippen molar-refractivity contribution in [3.63, 3.8) is 0 Å². The van der Waals surface area contributed by atoms with Crippen LogP contribution >= 0.6 is 11.3 Å². The lowest BCUT2D eigenvalue weighted by molar-refractivity contribution is 0.872. The molecule has 0 saturated carbocycles. The van der Waals surface area contributed by atoms with Gasteiger partial charge in [-0.3, -0.25) is 0 Å². The number of fused-ring (bicyclic) bond motifs is 1. The Hall–Kier alpha value is -2.45. The molecule has 0 amide bonds. The Labute approximate surface area is 127 Å². The quantitative estimate of drug-likeness (QED) is 0.742. The SMILES string of the molecule is Cc1nc(CN(C)c2nc3ccccc3cc2C#N)cs1. The fraction of sp³-hybridized carbons (Fsp3) is 0.188. The number of anilines is 1. The van der Waals surface area contributed by atoms with Crippen LogP contribution in [0.2, 0.25) is 0 Å². The number of aryl methyl sites for hydroxylation is 1. The van der Waals surface area contributed by atoms with Gasteiger partial charge in [0.05, 0.1) is 28.3 Å². The summed E-state index contributed by atoms with van der Waals surface area (Å²) in [6, 6.07) is 12.0. The average Bonchev–Trinajstić information content (AvgIpc) is 2.90. The predicted molar refractivity (Wildman–Crippen MR) is 85.4 cm³/mol. The molecule has 0 aliphatic heterocycles. The topological polar surface area (TPSA) is 52.8 Å². The van der Waals surface area contributed by atoms with Crippen molar-refractivity contribution in [3.8, 4) is 6.07 Å². The van der Waals surface area contributed by atoms with Gasteiger partial charge in [0, 0.05) is 17.8 Å². The standard InChI is InChI=1S/C16H14N4S/c1-11-18-14(10-21-11)9-20(2)16-13(8-17)7-12-5-3-4-6-15(12)19-16/h3-7,10H,9H2,1-2H3. The van der Waals surface area contributed by atoms with Crippen LogP contribution in [0.3, 0.4) is 0 Å². The highest BCUT2D eigenvalue weighted by Gasteiger charge is 2.12. The van der Waals surface area contributed by atoms with Crippen LogP contribution in [0.5, 0.6) is 0 Å².